The molecule has 4 rings (SSSR count). The summed E-state index contributed by atoms with van der Waals surface area (Å²) in [5, 5.41) is 18.8. The molecule has 1 aromatic carbocycles. The number of hydrogen-bond acceptors (Lipinski definition) is 8. The fourth-order valence-corrected chi connectivity index (χ4v) is 3.48. The highest BCUT2D eigenvalue weighted by Gasteiger charge is 2.49. The van der Waals surface area contributed by atoms with E-state index in [9.17, 15) is 18.0 Å². The van der Waals surface area contributed by atoms with Crippen molar-refractivity contribution in [3.8, 4) is 17.1 Å². The highest BCUT2D eigenvalue weighted by Crippen LogP contribution is 2.42. The van der Waals surface area contributed by atoms with E-state index in [1.165, 1.54) is 18.1 Å². The number of carbonyl (C=O) groups is 1. The highest BCUT2D eigenvalue weighted by atomic mass is 19.4. The summed E-state index contributed by atoms with van der Waals surface area (Å²) in [6.07, 6.45) is -2.20. The molecule has 0 radical (unpaired) electrons. The molecule has 10 nitrogen and oxygen atoms in total. The summed E-state index contributed by atoms with van der Waals surface area (Å²) in [6.45, 7) is -2.83. The number of halogens is 3. The quantitative estimate of drug-likeness (QED) is 0.451. The second-order valence-electron chi connectivity index (χ2n) is 7.70. The Labute approximate surface area is 197 Å². The third-order valence-corrected chi connectivity index (χ3v) is 5.20. The Hall–Kier alpha value is -3.90. The van der Waals surface area contributed by atoms with Crippen LogP contribution in [-0.2, 0) is 7.05 Å². The van der Waals surface area contributed by atoms with Crippen LogP contribution in [-0.4, -0.2) is 57.2 Å². The molecule has 0 spiro atoms. The first kappa shape index (κ1) is 19.6. The Morgan fingerprint density at radius 2 is 2.09 bits per heavy atom. The number of methoxy groups -OCH3 is 1. The van der Waals surface area contributed by atoms with Gasteiger partial charge in [0.2, 0.25) is 0 Å². The number of para-hydroxylation sites is 1. The van der Waals surface area contributed by atoms with Gasteiger partial charge in [-0.3, -0.25) is 9.48 Å². The number of hydrogen-bond donors (Lipinski definition) is 3. The van der Waals surface area contributed by atoms with Gasteiger partial charge in [-0.25, -0.2) is 4.98 Å². The molecule has 1 aliphatic rings. The molecule has 2 heterocycles. The molecule has 1 saturated carbocycles. The Morgan fingerprint density at radius 3 is 2.71 bits per heavy atom. The van der Waals surface area contributed by atoms with Crippen LogP contribution in [0.1, 0.15) is 27.4 Å². The second-order valence-corrected chi connectivity index (χ2v) is 7.70. The Morgan fingerprint density at radius 1 is 1.29 bits per heavy atom. The number of amides is 1. The first-order valence-corrected chi connectivity index (χ1v) is 10.2. The molecule has 0 aliphatic heterocycles. The van der Waals surface area contributed by atoms with E-state index in [1.54, 1.807) is 25.2 Å². The van der Waals surface area contributed by atoms with Crippen LogP contribution in [0, 0.1) is 5.92 Å². The van der Waals surface area contributed by atoms with Crippen LogP contribution in [0.15, 0.2) is 30.6 Å². The second kappa shape index (κ2) is 9.15. The molecule has 3 aromatic rings. The van der Waals surface area contributed by atoms with Crippen molar-refractivity contribution in [2.45, 2.75) is 25.1 Å². The molecule has 3 N–H and O–H groups in total. The van der Waals surface area contributed by atoms with Crippen LogP contribution in [0.5, 0.6) is 5.75 Å². The Balaban J connectivity index is 1.74. The van der Waals surface area contributed by atoms with Crippen molar-refractivity contribution >= 4 is 23.1 Å². The number of benzene rings is 1. The van der Waals surface area contributed by atoms with Crippen LogP contribution in [0.3, 0.4) is 0 Å². The molecule has 0 unspecified atom stereocenters. The maximum Gasteiger partial charge on any atom is 0.408 e. The number of aromatic nitrogens is 5. The van der Waals surface area contributed by atoms with E-state index in [1.807, 2.05) is 5.32 Å². The average molecular weight is 479 g/mol. The molecular weight excluding hydrogens is 453 g/mol. The van der Waals surface area contributed by atoms with E-state index in [4.69, 9.17) is 8.85 Å². The predicted molar refractivity (Wildman–Crippen MR) is 118 cm³/mol. The van der Waals surface area contributed by atoms with Crippen LogP contribution >= 0.6 is 0 Å². The van der Waals surface area contributed by atoms with E-state index in [0.29, 0.717) is 29.9 Å². The summed E-state index contributed by atoms with van der Waals surface area (Å²) in [4.78, 5) is 16.9. The summed E-state index contributed by atoms with van der Waals surface area (Å²) in [5.41, 5.74) is 0.247. The lowest BCUT2D eigenvalue weighted by Gasteiger charge is -2.22. The summed E-state index contributed by atoms with van der Waals surface area (Å²) in [6, 6.07) is 4.26. The number of carbonyl (C=O) groups excluding carboxylic acids is 1. The van der Waals surface area contributed by atoms with Crippen molar-refractivity contribution < 1.29 is 26.8 Å². The van der Waals surface area contributed by atoms with E-state index >= 15 is 0 Å². The van der Waals surface area contributed by atoms with E-state index in [-0.39, 0.29) is 17.3 Å². The van der Waals surface area contributed by atoms with Crippen molar-refractivity contribution in [1.29, 1.82) is 0 Å². The van der Waals surface area contributed by atoms with Crippen molar-refractivity contribution in [3.05, 3.63) is 36.3 Å². The minimum Gasteiger partial charge on any atom is -0.494 e. The molecule has 13 heteroatoms. The predicted octanol–water partition coefficient (Wildman–Crippen LogP) is 3.14. The van der Waals surface area contributed by atoms with Gasteiger partial charge in [0.25, 0.3) is 5.91 Å². The summed E-state index contributed by atoms with van der Waals surface area (Å²) in [5.74, 6) is -1.33. The monoisotopic (exact) mass is 479 g/mol. The van der Waals surface area contributed by atoms with E-state index in [2.05, 4.69) is 30.9 Å². The van der Waals surface area contributed by atoms with Gasteiger partial charge in [0.15, 0.2) is 23.1 Å². The van der Waals surface area contributed by atoms with Gasteiger partial charge in [0, 0.05) is 24.2 Å². The van der Waals surface area contributed by atoms with Crippen LogP contribution in [0.2, 0.25) is 0 Å². The van der Waals surface area contributed by atoms with Gasteiger partial charge in [-0.05, 0) is 30.9 Å². The largest absolute Gasteiger partial charge is 0.494 e. The third-order valence-electron chi connectivity index (χ3n) is 5.20. The number of anilines is 3. The van der Waals surface area contributed by atoms with Crippen molar-refractivity contribution in [2.75, 3.05) is 24.7 Å². The third kappa shape index (κ3) is 4.87. The molecule has 1 aliphatic carbocycles. The molecule has 180 valence electrons. The molecule has 1 atom stereocenters. The maximum atomic E-state index is 13.6. The lowest BCUT2D eigenvalue weighted by Crippen LogP contribution is -2.38. The average Bonchev–Trinajstić information content (AvgIpc) is 3.54. The number of nitrogens with zero attached hydrogens (tertiary/aromatic N) is 5. The molecule has 0 saturated heterocycles. The number of nitrogens with one attached hydrogen (secondary N) is 3. The topological polar surface area (TPSA) is 119 Å². The zero-order valence-corrected chi connectivity index (χ0v) is 18.1. The smallest absolute Gasteiger partial charge is 0.408 e. The normalized spacial score (nSPS) is 16.1. The fourth-order valence-electron chi connectivity index (χ4n) is 3.48. The number of rotatable bonds is 8. The van der Waals surface area contributed by atoms with Crippen LogP contribution < -0.4 is 20.7 Å². The highest BCUT2D eigenvalue weighted by molar-refractivity contribution is 5.98. The molecule has 34 heavy (non-hydrogen) atoms. The minimum absolute atomic E-state index is 0.0969. The fraction of sp³-hybridized carbons (Fsp3) is 0.381. The van der Waals surface area contributed by atoms with Crippen LogP contribution in [0.25, 0.3) is 11.4 Å². The molecule has 0 bridgehead atoms. The van der Waals surface area contributed by atoms with Crippen molar-refractivity contribution in [1.82, 2.24) is 30.3 Å². The first-order valence-electron chi connectivity index (χ1n) is 11.7. The lowest BCUT2D eigenvalue weighted by molar-refractivity contribution is -0.146. The standard InChI is InChI=1S/C21H23F3N8O2/c1-25-20(33)16-14(9-15(29-30-16)28-18(11-7-8-11)21(22,23)24)27-13-6-4-5-12(17(13)34-3)19-26-10-32(2)31-19/h4-6,9-11,18H,7-8H2,1-3H3,(H,25,33)(H2,27,28,29)/t18-/m1/s1/i1D3. The summed E-state index contributed by atoms with van der Waals surface area (Å²) in [7, 11) is 3.09. The number of alkyl halides is 3. The summed E-state index contributed by atoms with van der Waals surface area (Å²) >= 11 is 0. The molecule has 1 fully saturated rings. The Kier molecular flexibility index (Phi) is 5.27. The zero-order valence-electron chi connectivity index (χ0n) is 21.1. The SMILES string of the molecule is [2H]C([2H])([2H])NC(=O)c1nnc(N[C@H](C2CC2)C(F)(F)F)cc1Nc1cccc(-c2ncn(C)n2)c1OC. The minimum atomic E-state index is -4.53. The van der Waals surface area contributed by atoms with Gasteiger partial charge in [-0.15, -0.1) is 10.2 Å². The van der Waals surface area contributed by atoms with Crippen LogP contribution in [0.4, 0.5) is 30.4 Å². The molecule has 2 aromatic heterocycles. The lowest BCUT2D eigenvalue weighted by atomic mass is 10.1. The van der Waals surface area contributed by atoms with Crippen molar-refractivity contribution in [2.24, 2.45) is 13.0 Å². The number of aryl methyl sites for hydroxylation is 1. The van der Waals surface area contributed by atoms with Gasteiger partial charge >= 0.3 is 6.18 Å². The van der Waals surface area contributed by atoms with E-state index in [0.717, 1.165) is 6.07 Å². The van der Waals surface area contributed by atoms with Gasteiger partial charge < -0.3 is 20.7 Å². The summed E-state index contributed by atoms with van der Waals surface area (Å²) < 4.78 is 69.6. The van der Waals surface area contributed by atoms with Crippen molar-refractivity contribution in [3.63, 3.8) is 0 Å². The first-order chi connectivity index (χ1) is 17.4. The number of ether oxygens (including phenoxy) is 1. The maximum absolute atomic E-state index is 13.6. The Bertz CT molecular complexity index is 1290. The van der Waals surface area contributed by atoms with Gasteiger partial charge in [-0.2, -0.15) is 18.3 Å². The van der Waals surface area contributed by atoms with E-state index < -0.39 is 36.7 Å². The van der Waals surface area contributed by atoms with Gasteiger partial charge in [0.05, 0.1) is 24.0 Å². The molecular formula is C21H23F3N8O2. The molecule has 1 amide bonds. The van der Waals surface area contributed by atoms with Gasteiger partial charge in [-0.1, -0.05) is 6.07 Å². The van der Waals surface area contributed by atoms with Gasteiger partial charge in [0.1, 0.15) is 12.4 Å². The zero-order chi connectivity index (χ0) is 27.0.